The summed E-state index contributed by atoms with van der Waals surface area (Å²) in [6.07, 6.45) is 3.96. The molecule has 158 valence electrons. The number of pyridine rings is 1. The van der Waals surface area contributed by atoms with E-state index in [0.717, 1.165) is 21.9 Å². The summed E-state index contributed by atoms with van der Waals surface area (Å²) >= 11 is 15.1. The normalized spacial score (nSPS) is 10.9. The van der Waals surface area contributed by atoms with Gasteiger partial charge >= 0.3 is 0 Å². The molecule has 3 aromatic heterocycles. The summed E-state index contributed by atoms with van der Waals surface area (Å²) in [6, 6.07) is 10.7. The van der Waals surface area contributed by atoms with Crippen LogP contribution in [0.4, 0.5) is 5.13 Å². The van der Waals surface area contributed by atoms with Crippen LogP contribution in [0, 0.1) is 6.92 Å². The summed E-state index contributed by atoms with van der Waals surface area (Å²) in [5.74, 6) is 1.03. The van der Waals surface area contributed by atoms with Crippen molar-refractivity contribution >= 4 is 57.3 Å². The monoisotopic (exact) mass is 490 g/mol. The third kappa shape index (κ3) is 5.65. The molecule has 1 N–H and O–H groups in total. The van der Waals surface area contributed by atoms with E-state index in [1.807, 2.05) is 19.1 Å². The first-order chi connectivity index (χ1) is 15.0. The number of anilines is 1. The molecule has 0 aliphatic heterocycles. The van der Waals surface area contributed by atoms with Gasteiger partial charge in [-0.25, -0.2) is 9.97 Å². The first-order valence-corrected chi connectivity index (χ1v) is 11.7. The second-order valence-electron chi connectivity index (χ2n) is 6.57. The number of aryl methyl sites for hydroxylation is 1. The van der Waals surface area contributed by atoms with Crippen LogP contribution in [-0.4, -0.2) is 21.0 Å². The highest BCUT2D eigenvalue weighted by atomic mass is 35.5. The Bertz CT molecular complexity index is 1230. The summed E-state index contributed by atoms with van der Waals surface area (Å²) in [5, 5.41) is 9.21. The molecule has 4 aromatic rings. The fourth-order valence-corrected chi connectivity index (χ4v) is 4.87. The number of thiazole rings is 1. The second kappa shape index (κ2) is 9.82. The van der Waals surface area contributed by atoms with Crippen molar-refractivity contribution in [3.05, 3.63) is 86.3 Å². The molecule has 1 amide bonds. The molecule has 0 aliphatic rings. The van der Waals surface area contributed by atoms with Gasteiger partial charge < -0.3 is 4.52 Å². The number of hydrogen-bond donors (Lipinski definition) is 1. The van der Waals surface area contributed by atoms with E-state index in [-0.39, 0.29) is 5.91 Å². The van der Waals surface area contributed by atoms with Gasteiger partial charge in [0, 0.05) is 45.6 Å². The minimum absolute atomic E-state index is 0.270. The quantitative estimate of drug-likeness (QED) is 0.307. The fourth-order valence-electron chi connectivity index (χ4n) is 2.78. The number of rotatable bonds is 7. The van der Waals surface area contributed by atoms with Gasteiger partial charge in [-0.05, 0) is 42.8 Å². The van der Waals surface area contributed by atoms with Crippen LogP contribution in [0.25, 0.3) is 0 Å². The van der Waals surface area contributed by atoms with E-state index in [1.54, 1.807) is 36.7 Å². The van der Waals surface area contributed by atoms with E-state index in [1.165, 1.54) is 23.1 Å². The van der Waals surface area contributed by atoms with Crippen molar-refractivity contribution in [3.63, 3.8) is 0 Å². The van der Waals surface area contributed by atoms with E-state index in [9.17, 15) is 4.79 Å². The summed E-state index contributed by atoms with van der Waals surface area (Å²) in [4.78, 5) is 22.5. The zero-order valence-electron chi connectivity index (χ0n) is 16.3. The van der Waals surface area contributed by atoms with Crippen LogP contribution in [0.1, 0.15) is 32.3 Å². The first-order valence-electron chi connectivity index (χ1n) is 9.18. The molecule has 4 rings (SSSR count). The van der Waals surface area contributed by atoms with Crippen LogP contribution >= 0.6 is 46.3 Å². The van der Waals surface area contributed by atoms with Crippen molar-refractivity contribution in [2.75, 3.05) is 5.32 Å². The van der Waals surface area contributed by atoms with E-state index >= 15 is 0 Å². The highest BCUT2D eigenvalue weighted by molar-refractivity contribution is 7.98. The van der Waals surface area contributed by atoms with Gasteiger partial charge in [-0.15, -0.1) is 11.3 Å². The third-order valence-corrected chi connectivity index (χ3v) is 6.75. The lowest BCUT2D eigenvalue weighted by Gasteiger charge is -2.06. The van der Waals surface area contributed by atoms with Crippen molar-refractivity contribution in [3.8, 4) is 0 Å². The second-order valence-corrected chi connectivity index (χ2v) is 9.49. The number of halogens is 2. The summed E-state index contributed by atoms with van der Waals surface area (Å²) in [6.45, 7) is 1.84. The zero-order valence-corrected chi connectivity index (χ0v) is 19.4. The lowest BCUT2D eigenvalue weighted by atomic mass is 10.1. The van der Waals surface area contributed by atoms with Crippen molar-refractivity contribution in [1.29, 1.82) is 0 Å². The number of hydrogen-bond acceptors (Lipinski definition) is 7. The summed E-state index contributed by atoms with van der Waals surface area (Å²) in [7, 11) is 0. The maximum Gasteiger partial charge on any atom is 0.260 e. The van der Waals surface area contributed by atoms with Crippen LogP contribution < -0.4 is 5.32 Å². The Morgan fingerprint density at radius 2 is 2.10 bits per heavy atom. The smallest absolute Gasteiger partial charge is 0.260 e. The van der Waals surface area contributed by atoms with Gasteiger partial charge in [0.1, 0.15) is 10.8 Å². The minimum atomic E-state index is -0.270. The standard InChI is InChI=1S/C21H16Cl2N4O2S2/c1-12-7-15(27-29-12)11-30-20-17(3-2-6-24-20)19(28)26-21-25-10-16(31-21)9-13-8-14(22)4-5-18(13)23/h2-8,10H,9,11H2,1H3,(H,25,26,28). The Morgan fingerprint density at radius 3 is 2.90 bits per heavy atom. The third-order valence-electron chi connectivity index (χ3n) is 4.20. The highest BCUT2D eigenvalue weighted by Crippen LogP contribution is 2.28. The van der Waals surface area contributed by atoms with Gasteiger partial charge in [0.25, 0.3) is 5.91 Å². The number of aromatic nitrogens is 3. The van der Waals surface area contributed by atoms with Gasteiger partial charge in [-0.3, -0.25) is 10.1 Å². The Balaban J connectivity index is 1.43. The molecule has 6 nitrogen and oxygen atoms in total. The Morgan fingerprint density at radius 1 is 1.23 bits per heavy atom. The number of carbonyl (C=O) groups excluding carboxylic acids is 1. The number of benzene rings is 1. The largest absolute Gasteiger partial charge is 0.361 e. The number of amides is 1. The molecular weight excluding hydrogens is 475 g/mol. The molecule has 0 bridgehead atoms. The van der Waals surface area contributed by atoms with Crippen molar-refractivity contribution in [2.24, 2.45) is 0 Å². The van der Waals surface area contributed by atoms with E-state index in [2.05, 4.69) is 20.4 Å². The maximum absolute atomic E-state index is 12.8. The Hall–Kier alpha value is -2.39. The van der Waals surface area contributed by atoms with E-state index in [0.29, 0.717) is 37.9 Å². The van der Waals surface area contributed by atoms with Crippen molar-refractivity contribution in [2.45, 2.75) is 24.1 Å². The molecule has 0 radical (unpaired) electrons. The number of nitrogens with one attached hydrogen (secondary N) is 1. The Labute approximate surface area is 197 Å². The Kier molecular flexibility index (Phi) is 6.92. The predicted octanol–water partition coefficient (Wildman–Crippen LogP) is 6.28. The topological polar surface area (TPSA) is 80.9 Å². The highest BCUT2D eigenvalue weighted by Gasteiger charge is 2.16. The zero-order chi connectivity index (χ0) is 21.8. The van der Waals surface area contributed by atoms with Gasteiger partial charge in [-0.2, -0.15) is 0 Å². The average Bonchev–Trinajstić information content (AvgIpc) is 3.38. The lowest BCUT2D eigenvalue weighted by Crippen LogP contribution is -2.13. The van der Waals surface area contributed by atoms with Crippen molar-refractivity contribution < 1.29 is 9.32 Å². The lowest BCUT2D eigenvalue weighted by molar-refractivity contribution is 0.102. The first kappa shape index (κ1) is 21.8. The van der Waals surface area contributed by atoms with Crippen molar-refractivity contribution in [1.82, 2.24) is 15.1 Å². The fraction of sp³-hybridized carbons (Fsp3) is 0.143. The number of nitrogens with zero attached hydrogens (tertiary/aromatic N) is 3. The van der Waals surface area contributed by atoms with Crippen LogP contribution in [0.15, 0.2) is 58.3 Å². The predicted molar refractivity (Wildman–Crippen MR) is 124 cm³/mol. The van der Waals surface area contributed by atoms with Gasteiger partial charge in [0.05, 0.1) is 11.3 Å². The molecule has 0 spiro atoms. The van der Waals surface area contributed by atoms with Gasteiger partial charge in [0.15, 0.2) is 5.13 Å². The molecule has 0 fully saturated rings. The minimum Gasteiger partial charge on any atom is -0.361 e. The summed E-state index contributed by atoms with van der Waals surface area (Å²) in [5.41, 5.74) is 2.18. The molecule has 0 saturated heterocycles. The van der Waals surface area contributed by atoms with Crippen LogP contribution in [0.3, 0.4) is 0 Å². The molecule has 1 aromatic carbocycles. The maximum atomic E-state index is 12.8. The molecule has 10 heteroatoms. The molecule has 0 unspecified atom stereocenters. The van der Waals surface area contributed by atoms with Gasteiger partial charge in [-0.1, -0.05) is 40.1 Å². The molecule has 0 atom stereocenters. The molecule has 0 aliphatic carbocycles. The molecule has 31 heavy (non-hydrogen) atoms. The number of thioether (sulfide) groups is 1. The SMILES string of the molecule is Cc1cc(CSc2ncccc2C(=O)Nc2ncc(Cc3cc(Cl)ccc3Cl)s2)no1. The van der Waals surface area contributed by atoms with Crippen LogP contribution in [-0.2, 0) is 12.2 Å². The number of carbonyl (C=O) groups is 1. The summed E-state index contributed by atoms with van der Waals surface area (Å²) < 4.78 is 5.08. The van der Waals surface area contributed by atoms with Gasteiger partial charge in [0.2, 0.25) is 0 Å². The molecule has 0 saturated carbocycles. The molecule has 3 heterocycles. The average molecular weight is 491 g/mol. The van der Waals surface area contributed by atoms with Crippen LogP contribution in [0.2, 0.25) is 10.0 Å². The molecular formula is C21H16Cl2N4O2S2. The van der Waals surface area contributed by atoms with Crippen LogP contribution in [0.5, 0.6) is 0 Å². The van der Waals surface area contributed by atoms with E-state index in [4.69, 9.17) is 27.7 Å². The van der Waals surface area contributed by atoms with E-state index < -0.39 is 0 Å².